The number of nitrogens with zero attached hydrogens (tertiary/aromatic N) is 3. The number of pyridine rings is 1. The minimum Gasteiger partial charge on any atom is -0.481 e. The van der Waals surface area contributed by atoms with Crippen molar-refractivity contribution in [3.63, 3.8) is 0 Å². The van der Waals surface area contributed by atoms with Gasteiger partial charge in [0.05, 0.1) is 22.7 Å². The van der Waals surface area contributed by atoms with E-state index in [0.29, 0.717) is 24.0 Å². The van der Waals surface area contributed by atoms with Crippen molar-refractivity contribution in [2.45, 2.75) is 57.9 Å². The second kappa shape index (κ2) is 10.5. The molecule has 5 rings (SSSR count). The molecule has 4 heterocycles. The van der Waals surface area contributed by atoms with Gasteiger partial charge in [-0.3, -0.25) is 9.69 Å². The van der Waals surface area contributed by atoms with Crippen molar-refractivity contribution in [2.75, 3.05) is 0 Å². The highest BCUT2D eigenvalue weighted by atomic mass is 35.5. The number of rotatable bonds is 6. The van der Waals surface area contributed by atoms with Gasteiger partial charge in [0.1, 0.15) is 28.8 Å². The minimum atomic E-state index is -1.04. The van der Waals surface area contributed by atoms with Gasteiger partial charge < -0.3 is 19.1 Å². The molecule has 0 radical (unpaired) electrons. The van der Waals surface area contributed by atoms with Crippen molar-refractivity contribution in [3.8, 4) is 17.1 Å². The lowest BCUT2D eigenvalue weighted by Gasteiger charge is -2.38. The molecular weight excluding hydrogens is 548 g/mol. The molecule has 3 unspecified atom stereocenters. The molecule has 1 N–H and O–H groups in total. The Kier molecular flexibility index (Phi) is 7.26. The van der Waals surface area contributed by atoms with E-state index in [9.17, 15) is 23.5 Å². The van der Waals surface area contributed by atoms with Gasteiger partial charge in [-0.25, -0.2) is 18.6 Å². The van der Waals surface area contributed by atoms with Crippen LogP contribution in [0.5, 0.6) is 5.88 Å². The molecule has 210 valence electrons. The number of halogens is 3. The second-order valence-electron chi connectivity index (χ2n) is 10.6. The number of aliphatic carboxylic acids is 1. The Bertz CT molecular complexity index is 1480. The van der Waals surface area contributed by atoms with E-state index in [2.05, 4.69) is 10.1 Å². The van der Waals surface area contributed by atoms with E-state index in [1.54, 1.807) is 39.0 Å². The van der Waals surface area contributed by atoms with Gasteiger partial charge in [0, 0.05) is 18.3 Å². The zero-order valence-electron chi connectivity index (χ0n) is 21.9. The first-order chi connectivity index (χ1) is 18.9. The maximum Gasteiger partial charge on any atom is 0.411 e. The summed E-state index contributed by atoms with van der Waals surface area (Å²) in [7, 11) is 0. The van der Waals surface area contributed by atoms with E-state index in [-0.39, 0.29) is 35.5 Å². The van der Waals surface area contributed by atoms with Crippen molar-refractivity contribution in [1.82, 2.24) is 15.0 Å². The number of aromatic nitrogens is 2. The topological polar surface area (TPSA) is 115 Å². The number of carboxylic acid groups (broad SMARTS) is 1. The van der Waals surface area contributed by atoms with E-state index in [1.165, 1.54) is 17.2 Å². The molecule has 1 aromatic carbocycles. The van der Waals surface area contributed by atoms with Gasteiger partial charge in [-0.15, -0.1) is 0 Å². The summed E-state index contributed by atoms with van der Waals surface area (Å²) in [6.45, 7) is 5.19. The van der Waals surface area contributed by atoms with E-state index in [0.717, 1.165) is 12.1 Å². The molecule has 2 aliphatic rings. The average Bonchev–Trinajstić information content (AvgIpc) is 3.47. The largest absolute Gasteiger partial charge is 0.481 e. The third-order valence-corrected chi connectivity index (χ3v) is 7.10. The number of carboxylic acids is 1. The maximum absolute atomic E-state index is 14.2. The molecule has 2 aliphatic heterocycles. The Morgan fingerprint density at radius 3 is 2.60 bits per heavy atom. The van der Waals surface area contributed by atoms with Crippen LogP contribution in [0.25, 0.3) is 16.8 Å². The molecule has 1 fully saturated rings. The summed E-state index contributed by atoms with van der Waals surface area (Å²) in [5.41, 5.74) is 0.274. The van der Waals surface area contributed by atoms with Crippen LogP contribution in [-0.2, 0) is 16.1 Å². The van der Waals surface area contributed by atoms with Crippen molar-refractivity contribution in [3.05, 3.63) is 70.6 Å². The quantitative estimate of drug-likeness (QED) is 0.351. The van der Waals surface area contributed by atoms with E-state index in [1.807, 2.05) is 0 Å². The minimum absolute atomic E-state index is 0.0166. The summed E-state index contributed by atoms with van der Waals surface area (Å²) in [6, 6.07) is 5.71. The Hall–Kier alpha value is -3.99. The third kappa shape index (κ3) is 5.38. The zero-order chi connectivity index (χ0) is 28.8. The van der Waals surface area contributed by atoms with Crippen LogP contribution < -0.4 is 4.74 Å². The summed E-state index contributed by atoms with van der Waals surface area (Å²) in [5.74, 6) is -3.07. The van der Waals surface area contributed by atoms with Crippen LogP contribution in [0.2, 0.25) is 5.02 Å². The summed E-state index contributed by atoms with van der Waals surface area (Å²) in [6.07, 6.45) is 3.96. The van der Waals surface area contributed by atoms with E-state index >= 15 is 0 Å². The van der Waals surface area contributed by atoms with Gasteiger partial charge in [0.15, 0.2) is 12.4 Å². The molecule has 40 heavy (non-hydrogen) atoms. The number of hydrogen-bond donors (Lipinski definition) is 1. The van der Waals surface area contributed by atoms with Gasteiger partial charge in [0.2, 0.25) is 5.88 Å². The zero-order valence-corrected chi connectivity index (χ0v) is 22.6. The lowest BCUT2D eigenvalue weighted by Crippen LogP contribution is -2.50. The molecule has 9 nitrogen and oxygen atoms in total. The second-order valence-corrected chi connectivity index (χ2v) is 11.0. The van der Waals surface area contributed by atoms with Crippen molar-refractivity contribution >= 4 is 29.2 Å². The Labute approximate surface area is 233 Å². The first kappa shape index (κ1) is 27.6. The van der Waals surface area contributed by atoms with Gasteiger partial charge in [-0.05, 0) is 62.9 Å². The maximum atomic E-state index is 14.2. The number of carbonyl (C=O) groups is 2. The highest BCUT2D eigenvalue weighted by Gasteiger charge is 2.49. The highest BCUT2D eigenvalue weighted by Crippen LogP contribution is 2.43. The Balaban J connectivity index is 1.30. The molecule has 2 bridgehead atoms. The number of hydrogen-bond acceptors (Lipinski definition) is 7. The average molecular weight is 574 g/mol. The molecule has 0 saturated carbocycles. The van der Waals surface area contributed by atoms with Gasteiger partial charge >= 0.3 is 12.1 Å². The van der Waals surface area contributed by atoms with Gasteiger partial charge in [-0.2, -0.15) is 0 Å². The first-order valence-electron chi connectivity index (χ1n) is 12.6. The predicted molar refractivity (Wildman–Crippen MR) is 139 cm³/mol. The van der Waals surface area contributed by atoms with Crippen LogP contribution in [0.4, 0.5) is 13.6 Å². The van der Waals surface area contributed by atoms with Crippen molar-refractivity contribution in [1.29, 1.82) is 0 Å². The number of ether oxygens (including phenoxy) is 2. The third-order valence-electron chi connectivity index (χ3n) is 6.73. The smallest absolute Gasteiger partial charge is 0.411 e. The predicted octanol–water partition coefficient (Wildman–Crippen LogP) is 6.11. The normalized spacial score (nSPS) is 20.3. The monoisotopic (exact) mass is 573 g/mol. The molecule has 0 spiro atoms. The Morgan fingerprint density at radius 2 is 1.93 bits per heavy atom. The molecule has 3 atom stereocenters. The van der Waals surface area contributed by atoms with Crippen LogP contribution in [0.3, 0.4) is 0 Å². The fraction of sp³-hybridized carbons (Fsp3) is 0.357. The molecule has 1 saturated heterocycles. The SMILES string of the molecule is CC(C)(C)OC(=O)N1C2C=C(c3ccc(OCc4cc(-c5c(F)ccc(F)c5Cl)no4)nc3)C(C(=O)O)C1CC2. The highest BCUT2D eigenvalue weighted by molar-refractivity contribution is 6.33. The van der Waals surface area contributed by atoms with Crippen molar-refractivity contribution in [2.24, 2.45) is 5.92 Å². The van der Waals surface area contributed by atoms with Crippen LogP contribution in [0.1, 0.15) is 44.9 Å². The number of fused-ring (bicyclic) bond motifs is 2. The molecule has 0 aliphatic carbocycles. The summed E-state index contributed by atoms with van der Waals surface area (Å²) in [4.78, 5) is 31.0. The summed E-state index contributed by atoms with van der Waals surface area (Å²) < 4.78 is 44.3. The number of carbonyl (C=O) groups excluding carboxylic acids is 1. The Morgan fingerprint density at radius 1 is 1.18 bits per heavy atom. The first-order valence-corrected chi connectivity index (χ1v) is 13.0. The molecule has 1 amide bonds. The fourth-order valence-electron chi connectivity index (χ4n) is 5.08. The lowest BCUT2D eigenvalue weighted by molar-refractivity contribution is -0.141. The summed E-state index contributed by atoms with van der Waals surface area (Å²) >= 11 is 5.89. The fourth-order valence-corrected chi connectivity index (χ4v) is 5.33. The standard InChI is InChI=1S/C28H26ClF2N3O6/c1-28(2,3)39-27(37)34-15-5-8-21(34)23(26(35)36)17(10-15)14-4-9-22(32-12-14)38-13-16-11-20(33-40-16)24-18(30)6-7-19(31)25(24)29/h4,6-7,9-12,15,21,23H,5,8,13H2,1-3H3,(H,35,36). The van der Waals surface area contributed by atoms with Gasteiger partial charge in [-0.1, -0.05) is 22.8 Å². The number of amides is 1. The van der Waals surface area contributed by atoms with Crippen molar-refractivity contribution < 1.29 is 37.5 Å². The molecule has 3 aromatic rings. The van der Waals surface area contributed by atoms with E-state index in [4.69, 9.17) is 25.6 Å². The van der Waals surface area contributed by atoms with E-state index < -0.39 is 46.3 Å². The summed E-state index contributed by atoms with van der Waals surface area (Å²) in [5, 5.41) is 13.4. The molecular formula is C28H26ClF2N3O6. The molecule has 2 aromatic heterocycles. The van der Waals surface area contributed by atoms with Gasteiger partial charge in [0.25, 0.3) is 0 Å². The van der Waals surface area contributed by atoms with Crippen LogP contribution in [0, 0.1) is 17.6 Å². The number of benzene rings is 1. The lowest BCUT2D eigenvalue weighted by atomic mass is 9.84. The van der Waals surface area contributed by atoms with Crippen LogP contribution in [0.15, 0.2) is 47.1 Å². The molecule has 12 heteroatoms. The van der Waals surface area contributed by atoms with Crippen LogP contribution in [-0.4, -0.2) is 49.9 Å². The van der Waals surface area contributed by atoms with Crippen LogP contribution >= 0.6 is 11.6 Å².